The fourth-order valence-electron chi connectivity index (χ4n) is 2.50. The van der Waals surface area contributed by atoms with E-state index in [9.17, 15) is 9.59 Å². The molecule has 0 saturated carbocycles. The maximum absolute atomic E-state index is 11.9. The van der Waals surface area contributed by atoms with Gasteiger partial charge in [0.1, 0.15) is 0 Å². The fourth-order valence-corrected chi connectivity index (χ4v) is 2.50. The van der Waals surface area contributed by atoms with E-state index in [1.54, 1.807) is 24.3 Å². The quantitative estimate of drug-likeness (QED) is 0.698. The van der Waals surface area contributed by atoms with Gasteiger partial charge in [-0.05, 0) is 44.2 Å². The Morgan fingerprint density at radius 1 is 1.33 bits per heavy atom. The lowest BCUT2D eigenvalue weighted by Crippen LogP contribution is -2.37. The predicted octanol–water partition coefficient (Wildman–Crippen LogP) is 0.795. The molecular formula is C15H22N4O2. The van der Waals surface area contributed by atoms with E-state index in [0.717, 1.165) is 18.7 Å². The molecule has 5 N–H and O–H groups in total. The summed E-state index contributed by atoms with van der Waals surface area (Å²) in [5.41, 5.74) is 11.9. The molecule has 1 aliphatic heterocycles. The van der Waals surface area contributed by atoms with E-state index in [1.165, 1.54) is 0 Å². The van der Waals surface area contributed by atoms with Gasteiger partial charge in [0.2, 0.25) is 11.8 Å². The molecule has 0 aliphatic carbocycles. The van der Waals surface area contributed by atoms with Gasteiger partial charge < -0.3 is 21.7 Å². The number of hydrogen-bond acceptors (Lipinski definition) is 4. The maximum Gasteiger partial charge on any atom is 0.225 e. The molecule has 1 fully saturated rings. The van der Waals surface area contributed by atoms with Gasteiger partial charge in [-0.1, -0.05) is 0 Å². The molecule has 1 atom stereocenters. The van der Waals surface area contributed by atoms with Crippen LogP contribution in [0.2, 0.25) is 0 Å². The number of nitrogen functional groups attached to an aromatic ring is 1. The van der Waals surface area contributed by atoms with Crippen LogP contribution in [-0.2, 0) is 9.59 Å². The minimum absolute atomic E-state index is 0.0487. The molecule has 0 bridgehead atoms. The molecule has 2 amide bonds. The molecular weight excluding hydrogens is 268 g/mol. The number of benzene rings is 1. The Morgan fingerprint density at radius 2 is 2.00 bits per heavy atom. The number of nitrogens with one attached hydrogen (secondary N) is 1. The number of primary amides is 1. The third-order valence-corrected chi connectivity index (χ3v) is 4.00. The first-order valence-corrected chi connectivity index (χ1v) is 7.07. The van der Waals surface area contributed by atoms with Gasteiger partial charge >= 0.3 is 0 Å². The van der Waals surface area contributed by atoms with Crippen molar-refractivity contribution in [3.05, 3.63) is 24.3 Å². The van der Waals surface area contributed by atoms with Crippen molar-refractivity contribution in [2.45, 2.75) is 19.8 Å². The highest BCUT2D eigenvalue weighted by atomic mass is 16.2. The number of carbonyl (C=O) groups excluding carboxylic acids is 2. The van der Waals surface area contributed by atoms with Crippen LogP contribution in [0.5, 0.6) is 0 Å². The van der Waals surface area contributed by atoms with Crippen molar-refractivity contribution in [2.75, 3.05) is 30.7 Å². The number of carbonyl (C=O) groups is 2. The summed E-state index contributed by atoms with van der Waals surface area (Å²) in [4.78, 5) is 25.4. The Morgan fingerprint density at radius 3 is 2.57 bits per heavy atom. The Bertz CT molecular complexity index is 529. The first-order valence-electron chi connectivity index (χ1n) is 7.07. The van der Waals surface area contributed by atoms with E-state index < -0.39 is 5.41 Å². The summed E-state index contributed by atoms with van der Waals surface area (Å²) < 4.78 is 0. The lowest BCUT2D eigenvalue weighted by atomic mass is 9.89. The van der Waals surface area contributed by atoms with Crippen molar-refractivity contribution in [3.8, 4) is 0 Å². The summed E-state index contributed by atoms with van der Waals surface area (Å²) in [6.45, 7) is 3.93. The van der Waals surface area contributed by atoms with E-state index in [1.807, 2.05) is 6.92 Å². The second kappa shape index (κ2) is 6.13. The van der Waals surface area contributed by atoms with Crippen LogP contribution in [0.1, 0.15) is 19.8 Å². The molecule has 21 heavy (non-hydrogen) atoms. The number of hydrogen-bond donors (Lipinski definition) is 3. The van der Waals surface area contributed by atoms with Crippen molar-refractivity contribution in [3.63, 3.8) is 0 Å². The van der Waals surface area contributed by atoms with Gasteiger partial charge in [0.15, 0.2) is 0 Å². The van der Waals surface area contributed by atoms with Gasteiger partial charge in [0.05, 0.1) is 5.41 Å². The van der Waals surface area contributed by atoms with Gasteiger partial charge in [0, 0.05) is 30.9 Å². The minimum atomic E-state index is -0.465. The first kappa shape index (κ1) is 15.3. The van der Waals surface area contributed by atoms with Crippen LogP contribution < -0.4 is 16.8 Å². The largest absolute Gasteiger partial charge is 0.399 e. The lowest BCUT2D eigenvalue weighted by molar-refractivity contribution is -0.126. The summed E-state index contributed by atoms with van der Waals surface area (Å²) in [6, 6.07) is 7.03. The predicted molar refractivity (Wildman–Crippen MR) is 82.5 cm³/mol. The van der Waals surface area contributed by atoms with Crippen molar-refractivity contribution in [1.82, 2.24) is 4.90 Å². The number of rotatable bonds is 5. The van der Waals surface area contributed by atoms with E-state index in [4.69, 9.17) is 11.5 Å². The molecule has 1 heterocycles. The molecule has 1 aromatic carbocycles. The number of anilines is 2. The van der Waals surface area contributed by atoms with Crippen LogP contribution in [0.4, 0.5) is 11.4 Å². The molecule has 1 unspecified atom stereocenters. The summed E-state index contributed by atoms with van der Waals surface area (Å²) in [5, 5.41) is 2.82. The van der Waals surface area contributed by atoms with Gasteiger partial charge in [-0.3, -0.25) is 9.59 Å². The summed E-state index contributed by atoms with van der Waals surface area (Å²) in [6.07, 6.45) is 1.14. The number of nitrogens with two attached hydrogens (primary N) is 2. The van der Waals surface area contributed by atoms with Crippen molar-refractivity contribution >= 4 is 23.2 Å². The van der Waals surface area contributed by atoms with E-state index in [-0.39, 0.29) is 11.8 Å². The van der Waals surface area contributed by atoms with Gasteiger partial charge in [-0.25, -0.2) is 0 Å². The highest BCUT2D eigenvalue weighted by Gasteiger charge is 2.38. The highest BCUT2D eigenvalue weighted by Crippen LogP contribution is 2.29. The molecule has 6 heteroatoms. The zero-order valence-corrected chi connectivity index (χ0v) is 12.3. The van der Waals surface area contributed by atoms with Crippen LogP contribution in [0.15, 0.2) is 24.3 Å². The third kappa shape index (κ3) is 3.95. The SMILES string of the molecule is CC1(C(N)=O)CCN(CCC(=O)Nc2ccc(N)cc2)C1. The zero-order valence-electron chi connectivity index (χ0n) is 12.3. The maximum atomic E-state index is 11.9. The molecule has 6 nitrogen and oxygen atoms in total. The second-order valence-corrected chi connectivity index (χ2v) is 5.87. The van der Waals surface area contributed by atoms with Crippen molar-refractivity contribution in [1.29, 1.82) is 0 Å². The molecule has 114 valence electrons. The van der Waals surface area contributed by atoms with Gasteiger partial charge in [-0.15, -0.1) is 0 Å². The monoisotopic (exact) mass is 290 g/mol. The van der Waals surface area contributed by atoms with Crippen molar-refractivity contribution in [2.24, 2.45) is 11.1 Å². The Hall–Kier alpha value is -2.08. The topological polar surface area (TPSA) is 101 Å². The Kier molecular flexibility index (Phi) is 4.47. The smallest absolute Gasteiger partial charge is 0.225 e. The molecule has 0 spiro atoms. The van der Waals surface area contributed by atoms with E-state index >= 15 is 0 Å². The van der Waals surface area contributed by atoms with Crippen LogP contribution in [0.25, 0.3) is 0 Å². The van der Waals surface area contributed by atoms with Crippen LogP contribution >= 0.6 is 0 Å². The first-order chi connectivity index (χ1) is 9.89. The van der Waals surface area contributed by atoms with Gasteiger partial charge in [0.25, 0.3) is 0 Å². The number of likely N-dealkylation sites (tertiary alicyclic amines) is 1. The summed E-state index contributed by atoms with van der Waals surface area (Å²) in [7, 11) is 0. The second-order valence-electron chi connectivity index (χ2n) is 5.87. The summed E-state index contributed by atoms with van der Waals surface area (Å²) >= 11 is 0. The van der Waals surface area contributed by atoms with Crippen LogP contribution in [0, 0.1) is 5.41 Å². The highest BCUT2D eigenvalue weighted by molar-refractivity contribution is 5.91. The molecule has 0 aromatic heterocycles. The minimum Gasteiger partial charge on any atom is -0.399 e. The van der Waals surface area contributed by atoms with Crippen LogP contribution in [-0.4, -0.2) is 36.3 Å². The standard InChI is InChI=1S/C15H22N4O2/c1-15(14(17)21)7-9-19(10-15)8-6-13(20)18-12-4-2-11(16)3-5-12/h2-5H,6-10,16H2,1H3,(H2,17,21)(H,18,20). The normalized spacial score (nSPS) is 22.1. The Balaban J connectivity index is 1.77. The molecule has 1 aliphatic rings. The molecule has 2 rings (SSSR count). The van der Waals surface area contributed by atoms with Crippen LogP contribution in [0.3, 0.4) is 0 Å². The Labute approximate surface area is 124 Å². The molecule has 1 saturated heterocycles. The lowest BCUT2D eigenvalue weighted by Gasteiger charge is -2.20. The van der Waals surface area contributed by atoms with E-state index in [0.29, 0.717) is 25.2 Å². The molecule has 1 aromatic rings. The van der Waals surface area contributed by atoms with E-state index in [2.05, 4.69) is 10.2 Å². The zero-order chi connectivity index (χ0) is 15.5. The number of nitrogens with zero attached hydrogens (tertiary/aromatic N) is 1. The molecule has 0 radical (unpaired) electrons. The van der Waals surface area contributed by atoms with Gasteiger partial charge in [-0.2, -0.15) is 0 Å². The summed E-state index contributed by atoms with van der Waals surface area (Å²) in [5.74, 6) is -0.316. The average molecular weight is 290 g/mol. The number of amides is 2. The average Bonchev–Trinajstić information content (AvgIpc) is 2.82. The van der Waals surface area contributed by atoms with Crippen molar-refractivity contribution < 1.29 is 9.59 Å². The fraction of sp³-hybridized carbons (Fsp3) is 0.467. The third-order valence-electron chi connectivity index (χ3n) is 4.00.